The fraction of sp³-hybridized carbons (Fsp3) is 0.268. The SMILES string of the molecule is Cc1ccc(C(=O)Nc2ccc(N3CCN(Cc4cc5c(cc4F)C(=O)N(C4CCC(=O)NC4=O)C5)CC3)c(C(F)(F)F)c2)cc1C#Cc1cnc2cccnn12. The molecule has 5 aromatic rings. The zero-order chi connectivity index (χ0) is 40.0. The maximum atomic E-state index is 15.3. The van der Waals surface area contributed by atoms with Crippen molar-refractivity contribution >= 4 is 40.7 Å². The minimum Gasteiger partial charge on any atom is -0.368 e. The number of amides is 4. The van der Waals surface area contributed by atoms with Crippen molar-refractivity contribution in [1.82, 2.24) is 29.7 Å². The van der Waals surface area contributed by atoms with Gasteiger partial charge in [-0.25, -0.2) is 13.9 Å². The number of halogens is 4. The molecule has 8 rings (SSSR count). The molecule has 2 saturated heterocycles. The van der Waals surface area contributed by atoms with Gasteiger partial charge < -0.3 is 15.1 Å². The van der Waals surface area contributed by atoms with Gasteiger partial charge in [-0.3, -0.25) is 29.4 Å². The zero-order valence-electron chi connectivity index (χ0n) is 30.5. The topological polar surface area (TPSA) is 132 Å². The lowest BCUT2D eigenvalue weighted by Crippen LogP contribution is -2.52. The van der Waals surface area contributed by atoms with Crippen molar-refractivity contribution in [3.63, 3.8) is 0 Å². The molecular formula is C41H34F4N8O4. The molecule has 3 aromatic carbocycles. The highest BCUT2D eigenvalue weighted by atomic mass is 19.4. The number of imidazole rings is 1. The molecule has 3 aliphatic heterocycles. The number of nitrogens with one attached hydrogen (secondary N) is 2. The zero-order valence-corrected chi connectivity index (χ0v) is 30.5. The van der Waals surface area contributed by atoms with Gasteiger partial charge in [0.1, 0.15) is 17.6 Å². The largest absolute Gasteiger partial charge is 0.418 e. The molecule has 0 bridgehead atoms. The number of anilines is 2. The van der Waals surface area contributed by atoms with Crippen LogP contribution in [0.3, 0.4) is 0 Å². The number of piperazine rings is 1. The predicted octanol–water partition coefficient (Wildman–Crippen LogP) is 4.93. The van der Waals surface area contributed by atoms with E-state index in [2.05, 4.69) is 32.6 Å². The predicted molar refractivity (Wildman–Crippen MR) is 199 cm³/mol. The third kappa shape index (κ3) is 7.53. The van der Waals surface area contributed by atoms with Crippen LogP contribution in [-0.2, 0) is 28.9 Å². The van der Waals surface area contributed by atoms with Gasteiger partial charge in [-0.05, 0) is 85.0 Å². The Morgan fingerprint density at radius 3 is 2.58 bits per heavy atom. The molecule has 290 valence electrons. The molecule has 5 heterocycles. The van der Waals surface area contributed by atoms with Gasteiger partial charge in [0.2, 0.25) is 11.8 Å². The van der Waals surface area contributed by atoms with E-state index in [1.807, 2.05) is 11.8 Å². The van der Waals surface area contributed by atoms with E-state index < -0.39 is 47.2 Å². The summed E-state index contributed by atoms with van der Waals surface area (Å²) in [6, 6.07) is 14.1. The van der Waals surface area contributed by atoms with Crippen molar-refractivity contribution in [2.24, 2.45) is 0 Å². The third-order valence-corrected chi connectivity index (χ3v) is 10.5. The van der Waals surface area contributed by atoms with E-state index in [-0.39, 0.29) is 61.5 Å². The Morgan fingerprint density at radius 2 is 1.81 bits per heavy atom. The molecule has 2 fully saturated rings. The van der Waals surface area contributed by atoms with Crippen LogP contribution < -0.4 is 15.5 Å². The summed E-state index contributed by atoms with van der Waals surface area (Å²) >= 11 is 0. The summed E-state index contributed by atoms with van der Waals surface area (Å²) < 4.78 is 60.4. The van der Waals surface area contributed by atoms with Crippen molar-refractivity contribution in [3.8, 4) is 11.8 Å². The first-order valence-electron chi connectivity index (χ1n) is 18.2. The number of hydrogen-bond acceptors (Lipinski definition) is 8. The monoisotopic (exact) mass is 778 g/mol. The second-order valence-corrected chi connectivity index (χ2v) is 14.2. The van der Waals surface area contributed by atoms with Crippen LogP contribution >= 0.6 is 0 Å². The summed E-state index contributed by atoms with van der Waals surface area (Å²) in [7, 11) is 0. The van der Waals surface area contributed by atoms with Gasteiger partial charge >= 0.3 is 6.18 Å². The van der Waals surface area contributed by atoms with Crippen molar-refractivity contribution in [2.75, 3.05) is 36.4 Å². The number of carbonyl (C=O) groups excluding carboxylic acids is 4. The van der Waals surface area contributed by atoms with Crippen molar-refractivity contribution in [1.29, 1.82) is 0 Å². The van der Waals surface area contributed by atoms with Gasteiger partial charge in [-0.2, -0.15) is 18.3 Å². The molecule has 2 aromatic heterocycles. The summed E-state index contributed by atoms with van der Waals surface area (Å²) in [6.07, 6.45) is -1.23. The first-order valence-corrected chi connectivity index (χ1v) is 18.2. The number of carbonyl (C=O) groups is 4. The van der Waals surface area contributed by atoms with Crippen LogP contribution in [0, 0.1) is 24.6 Å². The van der Waals surface area contributed by atoms with Crippen LogP contribution in [0.4, 0.5) is 28.9 Å². The molecule has 0 saturated carbocycles. The molecular weight excluding hydrogens is 744 g/mol. The quantitative estimate of drug-likeness (QED) is 0.141. The molecule has 1 atom stereocenters. The number of alkyl halides is 3. The highest BCUT2D eigenvalue weighted by Crippen LogP contribution is 2.39. The molecule has 0 aliphatic carbocycles. The van der Waals surface area contributed by atoms with E-state index in [0.717, 1.165) is 11.6 Å². The molecule has 4 amide bonds. The van der Waals surface area contributed by atoms with Crippen molar-refractivity contribution < 1.29 is 36.7 Å². The van der Waals surface area contributed by atoms with E-state index in [1.54, 1.807) is 58.2 Å². The third-order valence-electron chi connectivity index (χ3n) is 10.5. The lowest BCUT2D eigenvalue weighted by Gasteiger charge is -2.37. The maximum absolute atomic E-state index is 15.3. The van der Waals surface area contributed by atoms with Gasteiger partial charge in [0.15, 0.2) is 5.65 Å². The van der Waals surface area contributed by atoms with Crippen LogP contribution in [0.2, 0.25) is 0 Å². The molecule has 1 unspecified atom stereocenters. The van der Waals surface area contributed by atoms with E-state index in [9.17, 15) is 32.3 Å². The summed E-state index contributed by atoms with van der Waals surface area (Å²) in [5, 5.41) is 9.08. The highest BCUT2D eigenvalue weighted by molar-refractivity contribution is 6.06. The molecule has 16 heteroatoms. The fourth-order valence-corrected chi connectivity index (χ4v) is 7.41. The second-order valence-electron chi connectivity index (χ2n) is 14.2. The van der Waals surface area contributed by atoms with Gasteiger partial charge in [0.05, 0.1) is 11.8 Å². The van der Waals surface area contributed by atoms with Crippen molar-refractivity contribution in [3.05, 3.63) is 124 Å². The Labute approximate surface area is 323 Å². The van der Waals surface area contributed by atoms with Crippen LogP contribution in [0.1, 0.15) is 67.1 Å². The highest BCUT2D eigenvalue weighted by Gasteiger charge is 2.40. The first-order chi connectivity index (χ1) is 27.3. The number of piperidine rings is 1. The molecule has 0 radical (unpaired) electrons. The number of fused-ring (bicyclic) bond motifs is 2. The number of rotatable bonds is 6. The lowest BCUT2D eigenvalue weighted by atomic mass is 10.0. The average Bonchev–Trinajstić information content (AvgIpc) is 3.74. The number of aryl methyl sites for hydroxylation is 1. The first kappa shape index (κ1) is 37.3. The van der Waals surface area contributed by atoms with Gasteiger partial charge in [-0.1, -0.05) is 12.0 Å². The Bertz CT molecular complexity index is 2530. The summed E-state index contributed by atoms with van der Waals surface area (Å²) in [5.41, 5.74) is 2.85. The maximum Gasteiger partial charge on any atom is 0.418 e. The van der Waals surface area contributed by atoms with E-state index in [1.165, 1.54) is 23.1 Å². The van der Waals surface area contributed by atoms with Crippen molar-refractivity contribution in [2.45, 2.75) is 45.1 Å². The summed E-state index contributed by atoms with van der Waals surface area (Å²) in [5.74, 6) is 3.43. The molecule has 0 spiro atoms. The minimum absolute atomic E-state index is 0.0264. The number of benzene rings is 3. The van der Waals surface area contributed by atoms with Crippen LogP contribution in [0.5, 0.6) is 0 Å². The summed E-state index contributed by atoms with van der Waals surface area (Å²) in [6.45, 7) is 3.22. The Hall–Kier alpha value is -6.60. The molecule has 57 heavy (non-hydrogen) atoms. The minimum atomic E-state index is -4.72. The number of imide groups is 1. The molecule has 2 N–H and O–H groups in total. The van der Waals surface area contributed by atoms with Gasteiger partial charge in [-0.15, -0.1) is 0 Å². The van der Waals surface area contributed by atoms with E-state index >= 15 is 4.39 Å². The number of hydrogen-bond donors (Lipinski definition) is 2. The fourth-order valence-electron chi connectivity index (χ4n) is 7.41. The lowest BCUT2D eigenvalue weighted by molar-refractivity contribution is -0.138. The van der Waals surface area contributed by atoms with Gasteiger partial charge in [0.25, 0.3) is 11.8 Å². The van der Waals surface area contributed by atoms with Gasteiger partial charge in [0, 0.05) is 85.5 Å². The molecule has 12 nitrogen and oxygen atoms in total. The average molecular weight is 779 g/mol. The Kier molecular flexibility index (Phi) is 9.70. The normalized spacial score (nSPS) is 17.4. The van der Waals surface area contributed by atoms with Crippen LogP contribution in [0.15, 0.2) is 73.1 Å². The Balaban J connectivity index is 0.923. The summed E-state index contributed by atoms with van der Waals surface area (Å²) in [4.78, 5) is 59.5. The number of nitrogens with zero attached hydrogens (tertiary/aromatic N) is 6. The smallest absolute Gasteiger partial charge is 0.368 e. The second kappa shape index (κ2) is 14.8. The molecule has 3 aliphatic rings. The standard InChI is InChI=1S/C41H34F4N8O4/c1-24-4-5-26(17-25(24)6-8-30-21-46-36-3-2-12-47-53(30)36)38(55)48-29-7-9-34(32(19-29)41(43,44)45)51-15-13-50(14-16-51)22-28-18-27-23-52(40(57)31(27)20-33(28)42)35-10-11-37(54)49-39(35)56/h2-5,7,9,12,17-21,35H,10-11,13-16,22-23H2,1H3,(H,48,55)(H,49,54,56). The van der Waals surface area contributed by atoms with Crippen LogP contribution in [0.25, 0.3) is 5.65 Å². The Morgan fingerprint density at radius 1 is 1.00 bits per heavy atom. The van der Waals surface area contributed by atoms with Crippen LogP contribution in [-0.4, -0.2) is 80.2 Å². The number of aromatic nitrogens is 3. The van der Waals surface area contributed by atoms with E-state index in [4.69, 9.17) is 0 Å². The van der Waals surface area contributed by atoms with E-state index in [0.29, 0.717) is 41.1 Å².